The molecule has 0 unspecified atom stereocenters. The van der Waals surface area contributed by atoms with Crippen LogP contribution in [0.3, 0.4) is 0 Å². The fraction of sp³-hybridized carbons (Fsp3) is 0.207. The number of rotatable bonds is 10. The molecular formula is C29H30N4O6S. The van der Waals surface area contributed by atoms with E-state index in [-0.39, 0.29) is 11.3 Å². The third-order valence-electron chi connectivity index (χ3n) is 6.40. The molecule has 4 aromatic rings. The summed E-state index contributed by atoms with van der Waals surface area (Å²) in [5.74, 6) is 0.244. The molecule has 1 atom stereocenters. The number of hydrogen-bond acceptors (Lipinski definition) is 7. The number of aromatic nitrogens is 1. The quantitative estimate of drug-likeness (QED) is 0.294. The minimum absolute atomic E-state index is 0.0827. The van der Waals surface area contributed by atoms with Gasteiger partial charge in [-0.2, -0.15) is 0 Å². The third-order valence-corrected chi connectivity index (χ3v) is 7.87. The summed E-state index contributed by atoms with van der Waals surface area (Å²) >= 11 is 0. The Balaban J connectivity index is 1.58. The Morgan fingerprint density at radius 2 is 1.75 bits per heavy atom. The molecule has 1 heterocycles. The maximum atomic E-state index is 13.7. The van der Waals surface area contributed by atoms with Crippen molar-refractivity contribution >= 4 is 27.6 Å². The van der Waals surface area contributed by atoms with E-state index in [0.717, 1.165) is 5.56 Å². The maximum absolute atomic E-state index is 13.7. The molecule has 3 aromatic carbocycles. The fourth-order valence-corrected chi connectivity index (χ4v) is 5.57. The SMILES string of the molecule is CCN(C(=O)[C@H](Cc1ccccc1)NC(=O)NS(=O)(=O)c1cccc(-c2cnoc2)c1C)c1ccc(OC)cc1. The van der Waals surface area contributed by atoms with Crippen molar-refractivity contribution in [1.29, 1.82) is 0 Å². The number of sulfonamides is 1. The van der Waals surface area contributed by atoms with Crippen LogP contribution in [-0.2, 0) is 21.2 Å². The molecular weight excluding hydrogens is 532 g/mol. The lowest BCUT2D eigenvalue weighted by atomic mass is 10.0. The Labute approximate surface area is 233 Å². The molecule has 2 N–H and O–H groups in total. The summed E-state index contributed by atoms with van der Waals surface area (Å²) in [7, 11) is -2.73. The van der Waals surface area contributed by atoms with Gasteiger partial charge < -0.3 is 19.5 Å². The summed E-state index contributed by atoms with van der Waals surface area (Å²) in [6, 6.07) is 18.8. The molecule has 0 radical (unpaired) electrons. The minimum atomic E-state index is -4.29. The van der Waals surface area contributed by atoms with Crippen molar-refractivity contribution < 1.29 is 27.3 Å². The molecule has 0 saturated carbocycles. The second-order valence-electron chi connectivity index (χ2n) is 8.94. The molecule has 0 bridgehead atoms. The number of anilines is 1. The van der Waals surface area contributed by atoms with Gasteiger partial charge in [0.25, 0.3) is 10.0 Å². The minimum Gasteiger partial charge on any atom is -0.497 e. The molecule has 0 saturated heterocycles. The molecule has 0 spiro atoms. The van der Waals surface area contributed by atoms with Gasteiger partial charge in [-0.3, -0.25) is 4.79 Å². The molecule has 0 aliphatic rings. The number of nitrogens with zero attached hydrogens (tertiary/aromatic N) is 2. The Bertz CT molecular complexity index is 1560. The van der Waals surface area contributed by atoms with Gasteiger partial charge in [-0.1, -0.05) is 47.6 Å². The van der Waals surface area contributed by atoms with Gasteiger partial charge in [0.1, 0.15) is 18.1 Å². The summed E-state index contributed by atoms with van der Waals surface area (Å²) in [6.45, 7) is 3.77. The van der Waals surface area contributed by atoms with E-state index in [1.807, 2.05) is 37.3 Å². The first-order valence-electron chi connectivity index (χ1n) is 12.6. The van der Waals surface area contributed by atoms with Gasteiger partial charge in [-0.25, -0.2) is 17.9 Å². The lowest BCUT2D eigenvalue weighted by molar-refractivity contribution is -0.120. The lowest BCUT2D eigenvalue weighted by Gasteiger charge is -2.27. The van der Waals surface area contributed by atoms with Gasteiger partial charge in [0, 0.05) is 24.2 Å². The number of carbonyl (C=O) groups is 2. The molecule has 10 nitrogen and oxygen atoms in total. The number of ether oxygens (including phenoxy) is 1. The summed E-state index contributed by atoms with van der Waals surface area (Å²) < 4.78 is 38.6. The molecule has 11 heteroatoms. The fourth-order valence-electron chi connectivity index (χ4n) is 4.39. The highest BCUT2D eigenvalue weighted by Crippen LogP contribution is 2.28. The normalized spacial score (nSPS) is 11.9. The van der Waals surface area contributed by atoms with E-state index < -0.39 is 28.0 Å². The molecule has 40 heavy (non-hydrogen) atoms. The molecule has 208 valence electrons. The van der Waals surface area contributed by atoms with Crippen molar-refractivity contribution in [3.8, 4) is 16.9 Å². The zero-order valence-electron chi connectivity index (χ0n) is 22.3. The molecule has 3 amide bonds. The van der Waals surface area contributed by atoms with Crippen LogP contribution in [0.4, 0.5) is 10.5 Å². The Kier molecular flexibility index (Phi) is 8.85. The van der Waals surface area contributed by atoms with Crippen LogP contribution < -0.4 is 19.7 Å². The Morgan fingerprint density at radius 1 is 1.02 bits per heavy atom. The van der Waals surface area contributed by atoms with Gasteiger partial charge in [-0.05, 0) is 60.9 Å². The van der Waals surface area contributed by atoms with Crippen LogP contribution >= 0.6 is 0 Å². The molecule has 0 aliphatic carbocycles. The number of hydrogen-bond donors (Lipinski definition) is 2. The first-order chi connectivity index (χ1) is 19.2. The van der Waals surface area contributed by atoms with Crippen LogP contribution in [0, 0.1) is 6.92 Å². The van der Waals surface area contributed by atoms with E-state index in [2.05, 4.69) is 15.2 Å². The van der Waals surface area contributed by atoms with E-state index in [4.69, 9.17) is 9.26 Å². The number of likely N-dealkylation sites (N-methyl/N-ethyl adjacent to an activating group) is 1. The van der Waals surface area contributed by atoms with Crippen LogP contribution in [0.15, 0.2) is 94.7 Å². The van der Waals surface area contributed by atoms with Crippen molar-refractivity contribution in [3.05, 3.63) is 96.4 Å². The van der Waals surface area contributed by atoms with Crippen LogP contribution in [0.2, 0.25) is 0 Å². The van der Waals surface area contributed by atoms with Crippen molar-refractivity contribution in [3.63, 3.8) is 0 Å². The first-order valence-corrected chi connectivity index (χ1v) is 14.0. The van der Waals surface area contributed by atoms with Gasteiger partial charge in [0.05, 0.1) is 18.2 Å². The van der Waals surface area contributed by atoms with Crippen molar-refractivity contribution in [2.75, 3.05) is 18.6 Å². The monoisotopic (exact) mass is 562 g/mol. The second kappa shape index (κ2) is 12.5. The van der Waals surface area contributed by atoms with E-state index in [0.29, 0.717) is 34.7 Å². The molecule has 1 aromatic heterocycles. The highest BCUT2D eigenvalue weighted by atomic mass is 32.2. The first kappa shape index (κ1) is 28.4. The summed E-state index contributed by atoms with van der Waals surface area (Å²) in [5, 5.41) is 6.26. The van der Waals surface area contributed by atoms with Crippen molar-refractivity contribution in [2.24, 2.45) is 0 Å². The number of methoxy groups -OCH3 is 1. The molecule has 4 rings (SSSR count). The molecule has 0 aliphatic heterocycles. The number of urea groups is 1. The van der Waals surface area contributed by atoms with Gasteiger partial charge in [0.2, 0.25) is 5.91 Å². The Hall–Kier alpha value is -4.64. The van der Waals surface area contributed by atoms with E-state index in [9.17, 15) is 18.0 Å². The zero-order valence-corrected chi connectivity index (χ0v) is 23.1. The number of nitrogens with one attached hydrogen (secondary N) is 2. The summed E-state index contributed by atoms with van der Waals surface area (Å²) in [4.78, 5) is 28.2. The average molecular weight is 563 g/mol. The highest BCUT2D eigenvalue weighted by Gasteiger charge is 2.29. The van der Waals surface area contributed by atoms with E-state index >= 15 is 0 Å². The van der Waals surface area contributed by atoms with E-state index in [1.165, 1.54) is 23.4 Å². The zero-order chi connectivity index (χ0) is 28.7. The smallest absolute Gasteiger partial charge is 0.329 e. The average Bonchev–Trinajstić information content (AvgIpc) is 3.48. The standard InChI is InChI=1S/C29H30N4O6S/c1-4-33(23-13-15-24(38-3)16-14-23)28(34)26(17-21-9-6-5-7-10-21)31-29(35)32-40(36,37)27-12-8-11-25(20(27)2)22-18-30-39-19-22/h5-16,18-19,26H,4,17H2,1-3H3,(H2,31,32,35)/t26-/m0/s1. The van der Waals surface area contributed by atoms with Crippen molar-refractivity contribution in [1.82, 2.24) is 15.2 Å². The van der Waals surface area contributed by atoms with Crippen LogP contribution in [0.25, 0.3) is 11.1 Å². The van der Waals surface area contributed by atoms with Crippen LogP contribution in [-0.4, -0.2) is 45.2 Å². The molecule has 0 fully saturated rings. The number of benzene rings is 3. The Morgan fingerprint density at radius 3 is 2.38 bits per heavy atom. The second-order valence-corrected chi connectivity index (χ2v) is 10.6. The predicted octanol–water partition coefficient (Wildman–Crippen LogP) is 4.31. The predicted molar refractivity (Wildman–Crippen MR) is 150 cm³/mol. The van der Waals surface area contributed by atoms with Crippen LogP contribution in [0.1, 0.15) is 18.1 Å². The maximum Gasteiger partial charge on any atom is 0.329 e. The highest BCUT2D eigenvalue weighted by molar-refractivity contribution is 7.90. The van der Waals surface area contributed by atoms with Gasteiger partial charge in [-0.15, -0.1) is 0 Å². The topological polar surface area (TPSA) is 131 Å². The van der Waals surface area contributed by atoms with E-state index in [1.54, 1.807) is 50.4 Å². The number of carbonyl (C=O) groups excluding carboxylic acids is 2. The largest absolute Gasteiger partial charge is 0.497 e. The summed E-state index contributed by atoms with van der Waals surface area (Å²) in [5.41, 5.74) is 3.03. The van der Waals surface area contributed by atoms with Crippen molar-refractivity contribution in [2.45, 2.75) is 31.2 Å². The summed E-state index contributed by atoms with van der Waals surface area (Å²) in [6.07, 6.45) is 3.03. The van der Waals surface area contributed by atoms with Gasteiger partial charge >= 0.3 is 6.03 Å². The number of amides is 3. The third kappa shape index (κ3) is 6.49. The van der Waals surface area contributed by atoms with Gasteiger partial charge in [0.15, 0.2) is 0 Å². The van der Waals surface area contributed by atoms with Crippen LogP contribution in [0.5, 0.6) is 5.75 Å². The lowest BCUT2D eigenvalue weighted by Crippen LogP contribution is -2.53.